The number of carbonyl (C=O) groups is 3. The zero-order chi connectivity index (χ0) is 24.5. The van der Waals surface area contributed by atoms with E-state index in [1.165, 1.54) is 4.90 Å². The van der Waals surface area contributed by atoms with E-state index in [4.69, 9.17) is 4.74 Å². The van der Waals surface area contributed by atoms with Crippen molar-refractivity contribution in [1.29, 1.82) is 0 Å². The van der Waals surface area contributed by atoms with Gasteiger partial charge in [0.05, 0.1) is 30.6 Å². The average molecular weight is 526 g/mol. The molecule has 3 heterocycles. The summed E-state index contributed by atoms with van der Waals surface area (Å²) in [4.78, 5) is 45.8. The van der Waals surface area contributed by atoms with E-state index in [9.17, 15) is 19.5 Å². The normalized spacial score (nSPS) is 33.1. The number of ether oxygens (including phenoxy) is 1. The van der Waals surface area contributed by atoms with E-state index in [2.05, 4.69) is 36.0 Å². The van der Waals surface area contributed by atoms with E-state index < -0.39 is 35.6 Å². The summed E-state index contributed by atoms with van der Waals surface area (Å²) < 4.78 is 6.48. The number of aliphatic hydroxyl groups excluding tert-OH is 1. The Kier molecular flexibility index (Phi) is 8.07. The van der Waals surface area contributed by atoms with Crippen LogP contribution in [0.5, 0.6) is 0 Å². The van der Waals surface area contributed by atoms with Crippen molar-refractivity contribution in [2.24, 2.45) is 11.8 Å². The van der Waals surface area contributed by atoms with Crippen LogP contribution in [0.2, 0.25) is 0 Å². The van der Waals surface area contributed by atoms with Crippen molar-refractivity contribution in [3.05, 3.63) is 25.3 Å². The van der Waals surface area contributed by atoms with E-state index in [-0.39, 0.29) is 29.2 Å². The summed E-state index contributed by atoms with van der Waals surface area (Å²) in [6.07, 6.45) is 5.01. The van der Waals surface area contributed by atoms with Crippen molar-refractivity contribution in [2.75, 3.05) is 33.3 Å². The van der Waals surface area contributed by atoms with Gasteiger partial charge in [-0.05, 0) is 19.8 Å². The third-order valence-corrected chi connectivity index (χ3v) is 8.05. The molecule has 0 saturated carbocycles. The highest BCUT2D eigenvalue weighted by molar-refractivity contribution is 9.09. The van der Waals surface area contributed by atoms with Gasteiger partial charge in [-0.2, -0.15) is 0 Å². The predicted molar refractivity (Wildman–Crippen MR) is 129 cm³/mol. The van der Waals surface area contributed by atoms with Crippen LogP contribution in [-0.4, -0.2) is 99.4 Å². The SMILES string of the molecule is C=CCN(C)C(=O)[C@H]1[C@H]2C(=O)N([C@H](C)CO)C(C(=O)N(CC=C)CCCC)C23CC(Br)[C@@H]1O3. The highest BCUT2D eigenvalue weighted by Crippen LogP contribution is 2.60. The number of hydrogen-bond donors (Lipinski definition) is 1. The van der Waals surface area contributed by atoms with Gasteiger partial charge in [0, 0.05) is 31.5 Å². The Morgan fingerprint density at radius 1 is 1.33 bits per heavy atom. The molecule has 3 unspecified atom stereocenters. The Hall–Kier alpha value is -1.71. The molecule has 0 aromatic heterocycles. The van der Waals surface area contributed by atoms with Crippen molar-refractivity contribution in [1.82, 2.24) is 14.7 Å². The highest BCUT2D eigenvalue weighted by atomic mass is 79.9. The second kappa shape index (κ2) is 10.3. The smallest absolute Gasteiger partial charge is 0.248 e. The zero-order valence-corrected chi connectivity index (χ0v) is 21.4. The zero-order valence-electron chi connectivity index (χ0n) is 19.8. The minimum Gasteiger partial charge on any atom is -0.394 e. The van der Waals surface area contributed by atoms with E-state index in [1.54, 1.807) is 35.9 Å². The number of carbonyl (C=O) groups excluding carboxylic acids is 3. The quantitative estimate of drug-likeness (QED) is 0.326. The van der Waals surface area contributed by atoms with E-state index in [1.807, 2.05) is 0 Å². The molecule has 0 aliphatic carbocycles. The number of rotatable bonds is 11. The summed E-state index contributed by atoms with van der Waals surface area (Å²) in [6.45, 7) is 12.2. The van der Waals surface area contributed by atoms with Crippen LogP contribution in [-0.2, 0) is 19.1 Å². The fourth-order valence-corrected chi connectivity index (χ4v) is 6.64. The third kappa shape index (κ3) is 4.17. The molecule has 2 bridgehead atoms. The first-order chi connectivity index (χ1) is 15.7. The molecule has 1 N–H and O–H groups in total. The van der Waals surface area contributed by atoms with Gasteiger partial charge in [-0.25, -0.2) is 0 Å². The summed E-state index contributed by atoms with van der Waals surface area (Å²) in [5.41, 5.74) is -1.11. The van der Waals surface area contributed by atoms with Gasteiger partial charge in [-0.1, -0.05) is 41.4 Å². The Balaban J connectivity index is 2.07. The first kappa shape index (κ1) is 25.9. The van der Waals surface area contributed by atoms with E-state index >= 15 is 0 Å². The Bertz CT molecular complexity index is 807. The number of alkyl halides is 1. The molecular formula is C24H36BrN3O5. The lowest BCUT2D eigenvalue weighted by Gasteiger charge is -2.38. The van der Waals surface area contributed by atoms with Crippen molar-refractivity contribution >= 4 is 33.7 Å². The second-order valence-corrected chi connectivity index (χ2v) is 10.6. The molecular weight excluding hydrogens is 490 g/mol. The molecule has 7 atom stereocenters. The highest BCUT2D eigenvalue weighted by Gasteiger charge is 2.77. The summed E-state index contributed by atoms with van der Waals surface area (Å²) >= 11 is 3.67. The largest absolute Gasteiger partial charge is 0.394 e. The number of fused-ring (bicyclic) bond motifs is 1. The fourth-order valence-electron chi connectivity index (χ4n) is 5.70. The van der Waals surface area contributed by atoms with Crippen LogP contribution in [0.4, 0.5) is 0 Å². The summed E-state index contributed by atoms with van der Waals surface area (Å²) in [5.74, 6) is -2.17. The number of hydrogen-bond acceptors (Lipinski definition) is 5. The molecule has 3 saturated heterocycles. The van der Waals surface area contributed by atoms with Crippen molar-refractivity contribution in [2.45, 2.75) is 61.7 Å². The molecule has 0 radical (unpaired) electrons. The Morgan fingerprint density at radius 2 is 2.00 bits per heavy atom. The van der Waals surface area contributed by atoms with Crippen LogP contribution in [0.1, 0.15) is 33.1 Å². The molecule has 1 spiro atoms. The van der Waals surface area contributed by atoms with Gasteiger partial charge >= 0.3 is 0 Å². The van der Waals surface area contributed by atoms with Gasteiger partial charge in [0.15, 0.2) is 0 Å². The molecule has 3 rings (SSSR count). The second-order valence-electron chi connectivity index (χ2n) is 9.37. The van der Waals surface area contributed by atoms with Crippen LogP contribution in [0.3, 0.4) is 0 Å². The van der Waals surface area contributed by atoms with Gasteiger partial charge in [0.1, 0.15) is 11.6 Å². The van der Waals surface area contributed by atoms with Crippen LogP contribution < -0.4 is 0 Å². The standard InChI is InChI=1S/C24H36BrN3O5/c1-6-9-12-27(11-8-3)23(32)20-24-13-16(25)19(33-24)17(21(30)26(5)10-7-2)18(24)22(31)28(20)15(4)14-29/h7-8,15-20,29H,2-3,6,9-14H2,1,4-5H3/t15-,16?,17+,18+,19+,20?,24?/m1/s1. The number of likely N-dealkylation sites (N-methyl/N-ethyl adjacent to an activating group) is 1. The molecule has 3 amide bonds. The van der Waals surface area contributed by atoms with Gasteiger partial charge in [0.2, 0.25) is 17.7 Å². The van der Waals surface area contributed by atoms with Crippen LogP contribution >= 0.6 is 15.9 Å². The molecule has 9 heteroatoms. The number of unbranched alkanes of at least 4 members (excludes halogenated alkanes) is 1. The number of halogens is 1. The van der Waals surface area contributed by atoms with Crippen molar-refractivity contribution < 1.29 is 24.2 Å². The van der Waals surface area contributed by atoms with E-state index in [0.717, 1.165) is 12.8 Å². The lowest BCUT2D eigenvalue weighted by Crippen LogP contribution is -2.58. The lowest BCUT2D eigenvalue weighted by atomic mass is 9.70. The minimum atomic E-state index is -1.11. The topological polar surface area (TPSA) is 90.4 Å². The van der Waals surface area contributed by atoms with Gasteiger partial charge in [-0.15, -0.1) is 13.2 Å². The first-order valence-corrected chi connectivity index (χ1v) is 12.6. The minimum absolute atomic E-state index is 0.157. The number of nitrogens with zero attached hydrogens (tertiary/aromatic N) is 3. The van der Waals surface area contributed by atoms with Gasteiger partial charge < -0.3 is 24.5 Å². The lowest BCUT2D eigenvalue weighted by molar-refractivity contribution is -0.151. The van der Waals surface area contributed by atoms with Crippen LogP contribution in [0, 0.1) is 11.8 Å². The number of aliphatic hydroxyl groups is 1. The van der Waals surface area contributed by atoms with Crippen LogP contribution in [0.25, 0.3) is 0 Å². The molecule has 3 fully saturated rings. The average Bonchev–Trinajstić information content (AvgIpc) is 3.38. The maximum Gasteiger partial charge on any atom is 0.248 e. The Labute approximate surface area is 204 Å². The molecule has 8 nitrogen and oxygen atoms in total. The maximum atomic E-state index is 14.0. The molecule has 3 aliphatic heterocycles. The summed E-state index contributed by atoms with van der Waals surface area (Å²) in [6, 6.07) is -1.48. The monoisotopic (exact) mass is 525 g/mol. The van der Waals surface area contributed by atoms with Crippen LogP contribution in [0.15, 0.2) is 25.3 Å². The van der Waals surface area contributed by atoms with Gasteiger partial charge in [0.25, 0.3) is 0 Å². The van der Waals surface area contributed by atoms with Crippen molar-refractivity contribution in [3.8, 4) is 0 Å². The maximum absolute atomic E-state index is 14.0. The molecule has 33 heavy (non-hydrogen) atoms. The fraction of sp³-hybridized carbons (Fsp3) is 0.708. The molecule has 0 aromatic rings. The number of likely N-dealkylation sites (tertiary alicyclic amines) is 1. The number of amides is 3. The molecule has 0 aromatic carbocycles. The summed E-state index contributed by atoms with van der Waals surface area (Å²) in [7, 11) is 1.68. The molecule has 184 valence electrons. The first-order valence-electron chi connectivity index (χ1n) is 11.7. The Morgan fingerprint density at radius 3 is 2.58 bits per heavy atom. The third-order valence-electron chi connectivity index (χ3n) is 7.21. The van der Waals surface area contributed by atoms with Crippen molar-refractivity contribution in [3.63, 3.8) is 0 Å². The van der Waals surface area contributed by atoms with Gasteiger partial charge in [-0.3, -0.25) is 14.4 Å². The summed E-state index contributed by atoms with van der Waals surface area (Å²) in [5, 5.41) is 9.94. The molecule has 3 aliphatic rings. The predicted octanol–water partition coefficient (Wildman–Crippen LogP) is 1.57. The van der Waals surface area contributed by atoms with E-state index in [0.29, 0.717) is 26.1 Å².